The fraction of sp³-hybridized carbons (Fsp3) is 0.100. The smallest absolute Gasteiger partial charge is 0.214 e. The predicted molar refractivity (Wildman–Crippen MR) is 58.0 cm³/mol. The molecule has 0 saturated heterocycles. The highest BCUT2D eigenvalue weighted by molar-refractivity contribution is 7.16. The second kappa shape index (κ2) is 3.18. The molecule has 0 unspecified atom stereocenters. The highest BCUT2D eigenvalue weighted by Gasteiger charge is 2.18. The molecular weight excluding hydrogens is 224 g/mol. The molecule has 0 radical (unpaired) electrons. The largest absolute Gasteiger partial charge is 0.463 e. The van der Waals surface area contributed by atoms with Crippen LogP contribution in [0.15, 0.2) is 22.8 Å². The first-order chi connectivity index (χ1) is 7.79. The highest BCUT2D eigenvalue weighted by atomic mass is 32.1. The van der Waals surface area contributed by atoms with Crippen LogP contribution in [0.4, 0.5) is 0 Å². The number of nitrogens with zero attached hydrogens (tertiary/aromatic N) is 4. The van der Waals surface area contributed by atoms with Crippen molar-refractivity contribution in [3.8, 4) is 17.5 Å². The van der Waals surface area contributed by atoms with E-state index in [-0.39, 0.29) is 0 Å². The molecule has 0 bridgehead atoms. The van der Waals surface area contributed by atoms with Crippen molar-refractivity contribution in [2.45, 2.75) is 6.92 Å². The van der Waals surface area contributed by atoms with E-state index in [1.807, 2.05) is 6.92 Å². The molecule has 0 aliphatic carbocycles. The van der Waals surface area contributed by atoms with Gasteiger partial charge >= 0.3 is 0 Å². The van der Waals surface area contributed by atoms with Crippen molar-refractivity contribution in [1.82, 2.24) is 14.6 Å². The topological polar surface area (TPSA) is 67.1 Å². The summed E-state index contributed by atoms with van der Waals surface area (Å²) in [6.07, 6.45) is 1.56. The number of furan rings is 1. The zero-order chi connectivity index (χ0) is 11.1. The first kappa shape index (κ1) is 9.12. The lowest BCUT2D eigenvalue weighted by Gasteiger charge is -1.90. The maximum absolute atomic E-state index is 9.13. The molecule has 6 heteroatoms. The van der Waals surface area contributed by atoms with E-state index in [1.165, 1.54) is 11.3 Å². The summed E-state index contributed by atoms with van der Waals surface area (Å²) in [5, 5.41) is 14.2. The number of hydrogen-bond donors (Lipinski definition) is 0. The second-order valence-corrected chi connectivity index (χ2v) is 4.37. The van der Waals surface area contributed by atoms with E-state index in [9.17, 15) is 0 Å². The van der Waals surface area contributed by atoms with Crippen LogP contribution in [0, 0.1) is 18.3 Å². The molecule has 0 aromatic carbocycles. The number of aryl methyl sites for hydroxylation is 1. The molecule has 0 spiro atoms. The van der Waals surface area contributed by atoms with Gasteiger partial charge in [-0.15, -0.1) is 0 Å². The van der Waals surface area contributed by atoms with E-state index in [1.54, 1.807) is 22.9 Å². The predicted octanol–water partition coefficient (Wildman–Crippen LogP) is 2.23. The molecule has 0 N–H and O–H groups in total. The number of imidazole rings is 1. The van der Waals surface area contributed by atoms with E-state index in [0.717, 1.165) is 5.01 Å². The van der Waals surface area contributed by atoms with Crippen molar-refractivity contribution in [1.29, 1.82) is 5.26 Å². The standard InChI is InChI=1S/C10H6N4OS/c1-6-13-14-7(5-11)9(12-10(14)16-6)8-3-2-4-15-8/h2-4H,1H3. The quantitative estimate of drug-likeness (QED) is 0.643. The van der Waals surface area contributed by atoms with E-state index in [2.05, 4.69) is 16.2 Å². The first-order valence-corrected chi connectivity index (χ1v) is 5.41. The van der Waals surface area contributed by atoms with E-state index in [4.69, 9.17) is 9.68 Å². The monoisotopic (exact) mass is 230 g/mol. The molecule has 0 atom stereocenters. The molecule has 3 aromatic rings. The minimum atomic E-state index is 0.411. The maximum atomic E-state index is 9.13. The number of hydrogen-bond acceptors (Lipinski definition) is 5. The fourth-order valence-electron chi connectivity index (χ4n) is 1.53. The Balaban J connectivity index is 2.34. The van der Waals surface area contributed by atoms with Crippen molar-refractivity contribution in [2.24, 2.45) is 0 Å². The summed E-state index contributed by atoms with van der Waals surface area (Å²) < 4.78 is 6.79. The van der Waals surface area contributed by atoms with Crippen LogP contribution in [0.1, 0.15) is 10.7 Å². The van der Waals surface area contributed by atoms with Gasteiger partial charge in [0, 0.05) is 0 Å². The van der Waals surface area contributed by atoms with Gasteiger partial charge in [0.15, 0.2) is 11.5 Å². The maximum Gasteiger partial charge on any atom is 0.214 e. The summed E-state index contributed by atoms with van der Waals surface area (Å²) in [4.78, 5) is 5.06. The van der Waals surface area contributed by atoms with Crippen molar-refractivity contribution in [3.63, 3.8) is 0 Å². The lowest BCUT2D eigenvalue weighted by atomic mass is 10.3. The zero-order valence-corrected chi connectivity index (χ0v) is 9.15. The van der Waals surface area contributed by atoms with Crippen LogP contribution >= 0.6 is 11.3 Å². The minimum Gasteiger partial charge on any atom is -0.463 e. The average molecular weight is 230 g/mol. The van der Waals surface area contributed by atoms with Crippen molar-refractivity contribution in [3.05, 3.63) is 29.1 Å². The summed E-state index contributed by atoms with van der Waals surface area (Å²) in [6.45, 7) is 1.88. The summed E-state index contributed by atoms with van der Waals surface area (Å²) in [6, 6.07) is 5.65. The second-order valence-electron chi connectivity index (χ2n) is 3.21. The normalized spacial score (nSPS) is 10.8. The molecule has 0 aliphatic rings. The molecule has 0 saturated carbocycles. The van der Waals surface area contributed by atoms with Gasteiger partial charge in [-0.25, -0.2) is 4.98 Å². The molecule has 3 heterocycles. The summed E-state index contributed by atoms with van der Waals surface area (Å²) in [5.74, 6) is 0.590. The van der Waals surface area contributed by atoms with Gasteiger partial charge in [0.05, 0.1) is 6.26 Å². The Labute approximate surface area is 94.6 Å². The van der Waals surface area contributed by atoms with Crippen LogP contribution in [0.2, 0.25) is 0 Å². The number of rotatable bonds is 1. The van der Waals surface area contributed by atoms with Crippen molar-refractivity contribution < 1.29 is 4.42 Å². The average Bonchev–Trinajstić information content (AvgIpc) is 2.90. The van der Waals surface area contributed by atoms with Crippen LogP contribution in [0.3, 0.4) is 0 Å². The molecule has 0 fully saturated rings. The molecule has 3 aromatic heterocycles. The minimum absolute atomic E-state index is 0.411. The summed E-state index contributed by atoms with van der Waals surface area (Å²) in [5.41, 5.74) is 0.959. The molecular formula is C10H6N4OS. The van der Waals surface area contributed by atoms with Gasteiger partial charge < -0.3 is 4.42 Å². The van der Waals surface area contributed by atoms with Gasteiger partial charge in [0.1, 0.15) is 16.8 Å². The van der Waals surface area contributed by atoms with Gasteiger partial charge in [-0.3, -0.25) is 0 Å². The van der Waals surface area contributed by atoms with Crippen LogP contribution < -0.4 is 0 Å². The molecule has 5 nitrogen and oxygen atoms in total. The third-order valence-corrected chi connectivity index (χ3v) is 2.99. The van der Waals surface area contributed by atoms with Crippen molar-refractivity contribution in [2.75, 3.05) is 0 Å². The summed E-state index contributed by atoms with van der Waals surface area (Å²) in [7, 11) is 0. The van der Waals surface area contributed by atoms with Crippen LogP contribution in [0.5, 0.6) is 0 Å². The van der Waals surface area contributed by atoms with Gasteiger partial charge in [-0.1, -0.05) is 11.3 Å². The highest BCUT2D eigenvalue weighted by Crippen LogP contribution is 2.26. The third-order valence-electron chi connectivity index (χ3n) is 2.17. The van der Waals surface area contributed by atoms with Crippen LogP contribution in [-0.4, -0.2) is 14.6 Å². The van der Waals surface area contributed by atoms with Crippen LogP contribution in [-0.2, 0) is 0 Å². The van der Waals surface area contributed by atoms with E-state index < -0.39 is 0 Å². The molecule has 16 heavy (non-hydrogen) atoms. The fourth-order valence-corrected chi connectivity index (χ4v) is 2.27. The number of nitriles is 1. The number of fused-ring (bicyclic) bond motifs is 1. The lowest BCUT2D eigenvalue weighted by Crippen LogP contribution is -1.89. The lowest BCUT2D eigenvalue weighted by molar-refractivity contribution is 0.580. The van der Waals surface area contributed by atoms with Gasteiger partial charge in [-0.2, -0.15) is 14.9 Å². The van der Waals surface area contributed by atoms with Gasteiger partial charge in [0.25, 0.3) is 0 Å². The molecule has 78 valence electrons. The number of aromatic nitrogens is 3. The molecule has 0 aliphatic heterocycles. The van der Waals surface area contributed by atoms with Crippen molar-refractivity contribution >= 4 is 16.3 Å². The third kappa shape index (κ3) is 1.15. The Morgan fingerprint density at radius 1 is 1.56 bits per heavy atom. The molecule has 3 rings (SSSR count). The van der Waals surface area contributed by atoms with E-state index >= 15 is 0 Å². The molecule has 0 amide bonds. The Bertz CT molecular complexity index is 686. The first-order valence-electron chi connectivity index (χ1n) is 4.60. The Kier molecular flexibility index (Phi) is 1.81. The van der Waals surface area contributed by atoms with Gasteiger partial charge in [-0.05, 0) is 19.1 Å². The Hall–Kier alpha value is -2.13. The zero-order valence-electron chi connectivity index (χ0n) is 8.34. The van der Waals surface area contributed by atoms with E-state index in [0.29, 0.717) is 22.1 Å². The van der Waals surface area contributed by atoms with Gasteiger partial charge in [0.2, 0.25) is 4.96 Å². The SMILES string of the molecule is Cc1nn2c(C#N)c(-c3ccco3)nc2s1. The summed E-state index contributed by atoms with van der Waals surface area (Å²) >= 11 is 1.45. The Morgan fingerprint density at radius 3 is 3.12 bits per heavy atom. The Morgan fingerprint density at radius 2 is 2.44 bits per heavy atom. The van der Waals surface area contributed by atoms with Crippen LogP contribution in [0.25, 0.3) is 16.4 Å².